The number of hydrogen-bond acceptors (Lipinski definition) is 1. The van der Waals surface area contributed by atoms with Gasteiger partial charge in [0.2, 0.25) is 5.91 Å². The van der Waals surface area contributed by atoms with Crippen LogP contribution in [0.5, 0.6) is 0 Å². The number of fused-ring (bicyclic) bond motifs is 2. The van der Waals surface area contributed by atoms with Crippen molar-refractivity contribution >= 4 is 16.8 Å². The second-order valence-electron chi connectivity index (χ2n) is 9.59. The minimum absolute atomic E-state index is 0.194. The van der Waals surface area contributed by atoms with Crippen molar-refractivity contribution in [1.29, 1.82) is 0 Å². The lowest BCUT2D eigenvalue weighted by Gasteiger charge is -2.37. The van der Waals surface area contributed by atoms with E-state index in [1.807, 2.05) is 0 Å². The number of rotatable bonds is 5. The fourth-order valence-corrected chi connectivity index (χ4v) is 5.85. The van der Waals surface area contributed by atoms with Gasteiger partial charge in [-0.1, -0.05) is 61.7 Å². The fourth-order valence-electron chi connectivity index (χ4n) is 5.85. The summed E-state index contributed by atoms with van der Waals surface area (Å²) in [4.78, 5) is 16.0. The Bertz CT molecular complexity index is 1060. The largest absolute Gasteiger partial charge is 0.346 e. The predicted molar refractivity (Wildman–Crippen MR) is 127 cm³/mol. The van der Waals surface area contributed by atoms with Gasteiger partial charge in [0.15, 0.2) is 0 Å². The third-order valence-electron chi connectivity index (χ3n) is 7.61. The topological polar surface area (TPSA) is 25.2 Å². The molecule has 1 heterocycles. The minimum atomic E-state index is 0.194. The van der Waals surface area contributed by atoms with Crippen LogP contribution in [-0.2, 0) is 24.8 Å². The van der Waals surface area contributed by atoms with E-state index < -0.39 is 0 Å². The molecule has 2 aliphatic rings. The van der Waals surface area contributed by atoms with Gasteiger partial charge in [-0.25, -0.2) is 0 Å². The summed E-state index contributed by atoms with van der Waals surface area (Å²) in [5.74, 6) is 0.911. The third-order valence-corrected chi connectivity index (χ3v) is 7.61. The summed E-state index contributed by atoms with van der Waals surface area (Å²) >= 11 is 0. The molecule has 0 spiro atoms. The second-order valence-corrected chi connectivity index (χ2v) is 9.59. The fraction of sp³-hybridized carbons (Fsp3) is 0.464. The molecule has 0 unspecified atom stereocenters. The molecular formula is C28H34N2O. The Kier molecular flexibility index (Phi) is 5.85. The maximum absolute atomic E-state index is 13.8. The molecule has 1 saturated carbocycles. The number of hydrogen-bond donors (Lipinski definition) is 0. The van der Waals surface area contributed by atoms with E-state index in [0.29, 0.717) is 24.8 Å². The number of benzene rings is 2. The zero-order valence-corrected chi connectivity index (χ0v) is 18.7. The van der Waals surface area contributed by atoms with E-state index in [0.717, 1.165) is 19.3 Å². The summed E-state index contributed by atoms with van der Waals surface area (Å²) in [5.41, 5.74) is 5.25. The Hall–Kier alpha value is -2.55. The molecule has 0 saturated heterocycles. The smallest absolute Gasteiger partial charge is 0.223 e. The van der Waals surface area contributed by atoms with Crippen molar-refractivity contribution < 1.29 is 4.79 Å². The molecule has 31 heavy (non-hydrogen) atoms. The normalized spacial score (nSPS) is 19.3. The lowest BCUT2D eigenvalue weighted by atomic mass is 9.84. The Morgan fingerprint density at radius 2 is 1.74 bits per heavy atom. The third kappa shape index (κ3) is 4.15. The molecule has 1 atom stereocenters. The van der Waals surface area contributed by atoms with E-state index in [2.05, 4.69) is 71.1 Å². The highest BCUT2D eigenvalue weighted by Gasteiger charge is 2.31. The van der Waals surface area contributed by atoms with Gasteiger partial charge in [-0.05, 0) is 66.7 Å². The number of aryl methyl sites for hydroxylation is 2. The number of carbonyl (C=O) groups is 1. The molecule has 1 fully saturated rings. The quantitative estimate of drug-likeness (QED) is 0.464. The molecule has 3 heteroatoms. The Labute approximate surface area is 186 Å². The van der Waals surface area contributed by atoms with Crippen LogP contribution in [0.25, 0.3) is 10.9 Å². The van der Waals surface area contributed by atoms with Crippen LogP contribution in [0.15, 0.2) is 54.6 Å². The van der Waals surface area contributed by atoms with Gasteiger partial charge in [-0.15, -0.1) is 0 Å². The first-order valence-electron chi connectivity index (χ1n) is 12.1. The van der Waals surface area contributed by atoms with Gasteiger partial charge in [-0.2, -0.15) is 0 Å². The highest BCUT2D eigenvalue weighted by molar-refractivity contribution is 5.82. The van der Waals surface area contributed by atoms with E-state index in [1.54, 1.807) is 0 Å². The van der Waals surface area contributed by atoms with Crippen LogP contribution in [0.3, 0.4) is 0 Å². The Balaban J connectivity index is 1.48. The second kappa shape index (κ2) is 8.90. The Morgan fingerprint density at radius 3 is 2.58 bits per heavy atom. The van der Waals surface area contributed by atoms with Crippen LogP contribution in [-0.4, -0.2) is 15.4 Å². The van der Waals surface area contributed by atoms with Crippen molar-refractivity contribution in [2.24, 2.45) is 13.0 Å². The van der Waals surface area contributed by atoms with Crippen molar-refractivity contribution in [1.82, 2.24) is 9.47 Å². The van der Waals surface area contributed by atoms with Gasteiger partial charge >= 0.3 is 0 Å². The van der Waals surface area contributed by atoms with Crippen molar-refractivity contribution in [2.45, 2.75) is 70.4 Å². The van der Waals surface area contributed by atoms with Gasteiger partial charge in [0, 0.05) is 24.7 Å². The molecule has 0 radical (unpaired) electrons. The number of carbonyl (C=O) groups excluding carboxylic acids is 1. The summed E-state index contributed by atoms with van der Waals surface area (Å²) in [6.07, 6.45) is 10.4. The summed E-state index contributed by atoms with van der Waals surface area (Å²) in [5, 5.41) is 1.25. The molecule has 1 aromatic heterocycles. The lowest BCUT2D eigenvalue weighted by Crippen LogP contribution is -2.37. The van der Waals surface area contributed by atoms with Crippen LogP contribution in [0.1, 0.15) is 74.2 Å². The first kappa shape index (κ1) is 20.4. The maximum atomic E-state index is 13.8. The maximum Gasteiger partial charge on any atom is 0.223 e. The Morgan fingerprint density at radius 1 is 0.968 bits per heavy atom. The number of amides is 1. The molecule has 162 valence electrons. The van der Waals surface area contributed by atoms with Crippen LogP contribution in [0.2, 0.25) is 0 Å². The number of nitrogens with zero attached hydrogens (tertiary/aromatic N) is 2. The zero-order chi connectivity index (χ0) is 21.2. The van der Waals surface area contributed by atoms with Gasteiger partial charge in [0.05, 0.1) is 12.6 Å². The molecule has 0 bridgehead atoms. The van der Waals surface area contributed by atoms with Gasteiger partial charge in [0.1, 0.15) is 0 Å². The van der Waals surface area contributed by atoms with Gasteiger partial charge in [0.25, 0.3) is 0 Å². The molecule has 2 aliphatic carbocycles. The molecule has 0 aliphatic heterocycles. The minimum Gasteiger partial charge on any atom is -0.346 e. The highest BCUT2D eigenvalue weighted by Crippen LogP contribution is 2.37. The molecule has 1 amide bonds. The van der Waals surface area contributed by atoms with E-state index in [4.69, 9.17) is 0 Å². The number of para-hydroxylation sites is 1. The van der Waals surface area contributed by atoms with Gasteiger partial charge < -0.3 is 9.47 Å². The van der Waals surface area contributed by atoms with Crippen molar-refractivity contribution in [3.8, 4) is 0 Å². The van der Waals surface area contributed by atoms with Crippen molar-refractivity contribution in [2.75, 3.05) is 0 Å². The van der Waals surface area contributed by atoms with E-state index >= 15 is 0 Å². The molecular weight excluding hydrogens is 380 g/mol. The molecule has 5 rings (SSSR count). The van der Waals surface area contributed by atoms with E-state index in [1.165, 1.54) is 59.8 Å². The molecule has 3 nitrogen and oxygen atoms in total. The van der Waals surface area contributed by atoms with Crippen LogP contribution in [0.4, 0.5) is 0 Å². The van der Waals surface area contributed by atoms with Crippen molar-refractivity contribution in [3.63, 3.8) is 0 Å². The van der Waals surface area contributed by atoms with Crippen LogP contribution < -0.4 is 0 Å². The average molecular weight is 415 g/mol. The number of aromatic nitrogens is 1. The summed E-state index contributed by atoms with van der Waals surface area (Å²) in [6.45, 7) is 0.690. The lowest BCUT2D eigenvalue weighted by molar-refractivity contribution is -0.136. The van der Waals surface area contributed by atoms with Gasteiger partial charge in [-0.3, -0.25) is 4.79 Å². The predicted octanol–water partition coefficient (Wildman–Crippen LogP) is 6.55. The first-order chi connectivity index (χ1) is 15.2. The van der Waals surface area contributed by atoms with Crippen LogP contribution >= 0.6 is 0 Å². The molecule has 0 N–H and O–H groups in total. The summed E-state index contributed by atoms with van der Waals surface area (Å²) < 4.78 is 2.27. The monoisotopic (exact) mass is 414 g/mol. The SMILES string of the molecule is Cn1c(CN(C(=O)CC2CCCCC2)[C@@H]2CCCc3ccccc32)cc2ccccc21. The van der Waals surface area contributed by atoms with Crippen molar-refractivity contribution in [3.05, 3.63) is 71.4 Å². The molecule has 2 aromatic carbocycles. The average Bonchev–Trinajstić information content (AvgIpc) is 3.13. The first-order valence-corrected chi connectivity index (χ1v) is 12.1. The van der Waals surface area contributed by atoms with Crippen LogP contribution in [0, 0.1) is 5.92 Å². The standard InChI is InChI=1S/C28H34N2O/c1-29-24(19-23-13-6-8-16-26(23)29)20-30(28(31)18-21-10-3-2-4-11-21)27-17-9-14-22-12-5-7-15-25(22)27/h5-8,12-13,15-16,19,21,27H,2-4,9-11,14,17-18,20H2,1H3/t27-/m1/s1. The molecule has 3 aromatic rings. The zero-order valence-electron chi connectivity index (χ0n) is 18.7. The summed E-state index contributed by atoms with van der Waals surface area (Å²) in [7, 11) is 2.14. The van der Waals surface area contributed by atoms with E-state index in [-0.39, 0.29) is 6.04 Å². The van der Waals surface area contributed by atoms with E-state index in [9.17, 15) is 4.79 Å². The highest BCUT2D eigenvalue weighted by atomic mass is 16.2. The summed E-state index contributed by atoms with van der Waals surface area (Å²) in [6, 6.07) is 19.8.